The highest BCUT2D eigenvalue weighted by Gasteiger charge is 2.47. The molecular formula is C33H43BrN2O5. The van der Waals surface area contributed by atoms with E-state index in [0.29, 0.717) is 16.5 Å². The second-order valence-corrected chi connectivity index (χ2v) is 11.8. The molecule has 1 aliphatic rings. The van der Waals surface area contributed by atoms with E-state index in [0.717, 1.165) is 19.3 Å². The normalized spacial score (nSPS) is 16.4. The molecule has 0 aliphatic carbocycles. The van der Waals surface area contributed by atoms with Gasteiger partial charge in [0.2, 0.25) is 0 Å². The van der Waals surface area contributed by atoms with E-state index in [2.05, 4.69) is 22.9 Å². The van der Waals surface area contributed by atoms with Crippen LogP contribution in [0.5, 0.6) is 0 Å². The van der Waals surface area contributed by atoms with Gasteiger partial charge in [-0.2, -0.15) is 0 Å². The number of unbranched alkanes of at least 4 members (excludes halogenated alkanes) is 13. The number of Topliss-reactive ketones (excluding diaryl/α,β-unsaturated/α-hetero) is 1. The minimum absolute atomic E-state index is 0.118. The summed E-state index contributed by atoms with van der Waals surface area (Å²) >= 11 is 3.37. The van der Waals surface area contributed by atoms with Gasteiger partial charge in [-0.25, -0.2) is 0 Å². The molecule has 2 aromatic carbocycles. The van der Waals surface area contributed by atoms with Crippen LogP contribution in [-0.2, 0) is 9.59 Å². The van der Waals surface area contributed by atoms with E-state index in [4.69, 9.17) is 0 Å². The molecule has 1 fully saturated rings. The number of nitrogens with zero attached hydrogens (tertiary/aromatic N) is 2. The molecule has 7 nitrogen and oxygen atoms in total. The number of nitro groups is 1. The highest BCUT2D eigenvalue weighted by Crippen LogP contribution is 2.42. The third-order valence-electron chi connectivity index (χ3n) is 7.82. The van der Waals surface area contributed by atoms with Gasteiger partial charge in [-0.1, -0.05) is 131 Å². The lowest BCUT2D eigenvalue weighted by atomic mass is 9.94. The molecule has 0 radical (unpaired) electrons. The molecule has 1 N–H and O–H groups in total. The van der Waals surface area contributed by atoms with Crippen LogP contribution >= 0.6 is 15.9 Å². The number of likely N-dealkylation sites (tertiary alicyclic amines) is 1. The van der Waals surface area contributed by atoms with Gasteiger partial charge in [0.05, 0.1) is 22.1 Å². The van der Waals surface area contributed by atoms with Crippen molar-refractivity contribution in [2.75, 3.05) is 6.54 Å². The van der Waals surface area contributed by atoms with Crippen molar-refractivity contribution in [2.45, 2.75) is 103 Å². The fourth-order valence-electron chi connectivity index (χ4n) is 5.59. The summed E-state index contributed by atoms with van der Waals surface area (Å²) in [6.07, 6.45) is 16.8. The Bertz CT molecular complexity index is 1210. The lowest BCUT2D eigenvalue weighted by Gasteiger charge is -2.25. The quantitative estimate of drug-likeness (QED) is 0.0443. The average molecular weight is 628 g/mol. The maximum Gasteiger partial charge on any atom is 0.295 e. The van der Waals surface area contributed by atoms with Gasteiger partial charge >= 0.3 is 0 Å². The summed E-state index contributed by atoms with van der Waals surface area (Å²) in [5, 5.41) is 23.1. The zero-order chi connectivity index (χ0) is 29.6. The van der Waals surface area contributed by atoms with Crippen molar-refractivity contribution >= 4 is 39.1 Å². The van der Waals surface area contributed by atoms with Crippen LogP contribution in [0.2, 0.25) is 0 Å². The number of hydrogen-bond donors (Lipinski definition) is 1. The van der Waals surface area contributed by atoms with E-state index in [-0.39, 0.29) is 29.1 Å². The molecule has 222 valence electrons. The van der Waals surface area contributed by atoms with E-state index >= 15 is 0 Å². The van der Waals surface area contributed by atoms with Crippen molar-refractivity contribution < 1.29 is 19.6 Å². The zero-order valence-corrected chi connectivity index (χ0v) is 25.7. The van der Waals surface area contributed by atoms with Crippen molar-refractivity contribution in [1.29, 1.82) is 0 Å². The van der Waals surface area contributed by atoms with E-state index in [1.165, 1.54) is 75.2 Å². The van der Waals surface area contributed by atoms with Crippen molar-refractivity contribution in [3.05, 3.63) is 79.8 Å². The topological polar surface area (TPSA) is 101 Å². The first kappa shape index (κ1) is 32.5. The summed E-state index contributed by atoms with van der Waals surface area (Å²) in [5.41, 5.74) is 0.273. The van der Waals surface area contributed by atoms with E-state index in [1.807, 2.05) is 0 Å². The molecule has 0 spiro atoms. The second-order valence-electron chi connectivity index (χ2n) is 10.9. The van der Waals surface area contributed by atoms with Gasteiger partial charge in [-0.15, -0.1) is 0 Å². The lowest BCUT2D eigenvalue weighted by Crippen LogP contribution is -2.31. The third kappa shape index (κ3) is 9.25. The Kier molecular flexibility index (Phi) is 13.5. The Morgan fingerprint density at radius 1 is 0.854 bits per heavy atom. The molecule has 0 saturated carbocycles. The molecule has 1 amide bonds. The van der Waals surface area contributed by atoms with Gasteiger partial charge in [0.1, 0.15) is 5.76 Å². The lowest BCUT2D eigenvalue weighted by molar-refractivity contribution is -0.385. The maximum atomic E-state index is 13.2. The molecule has 41 heavy (non-hydrogen) atoms. The Balaban J connectivity index is 1.61. The minimum atomic E-state index is -1.03. The predicted octanol–water partition coefficient (Wildman–Crippen LogP) is 9.26. The van der Waals surface area contributed by atoms with Gasteiger partial charge in [-0.05, 0) is 24.6 Å². The van der Waals surface area contributed by atoms with E-state index in [1.54, 1.807) is 42.5 Å². The van der Waals surface area contributed by atoms with E-state index in [9.17, 15) is 24.8 Å². The largest absolute Gasteiger partial charge is 0.507 e. The van der Waals surface area contributed by atoms with Crippen LogP contribution < -0.4 is 0 Å². The smallest absolute Gasteiger partial charge is 0.295 e. The number of aliphatic hydroxyl groups is 1. The number of halogens is 1. The van der Waals surface area contributed by atoms with Crippen LogP contribution in [0, 0.1) is 10.1 Å². The monoisotopic (exact) mass is 626 g/mol. The second kappa shape index (κ2) is 17.1. The molecular weight excluding hydrogens is 584 g/mol. The Labute approximate surface area is 252 Å². The maximum absolute atomic E-state index is 13.2. The van der Waals surface area contributed by atoms with Crippen LogP contribution in [0.15, 0.2) is 58.6 Å². The van der Waals surface area contributed by atoms with Gasteiger partial charge in [0.25, 0.3) is 17.4 Å². The number of aliphatic hydroxyl groups excluding tert-OH is 1. The van der Waals surface area contributed by atoms with Gasteiger partial charge in [0.15, 0.2) is 0 Å². The van der Waals surface area contributed by atoms with Crippen LogP contribution in [0.1, 0.15) is 114 Å². The number of para-hydroxylation sites is 1. The molecule has 1 heterocycles. The Morgan fingerprint density at radius 3 is 1.98 bits per heavy atom. The molecule has 0 unspecified atom stereocenters. The average Bonchev–Trinajstić information content (AvgIpc) is 3.21. The van der Waals surface area contributed by atoms with Crippen LogP contribution in [0.3, 0.4) is 0 Å². The number of carbonyl (C=O) groups is 2. The number of carbonyl (C=O) groups excluding carboxylic acids is 2. The third-order valence-corrected chi connectivity index (χ3v) is 8.31. The Hall–Kier alpha value is -3.00. The van der Waals surface area contributed by atoms with E-state index < -0.39 is 22.7 Å². The molecule has 1 atom stereocenters. The SMILES string of the molecule is CCCCCCCCCCCCCCCCN1C(=O)C(=O)/C(=C(/O)c2cccc(Br)c2)[C@H]1c1ccccc1[N+](=O)[O-]. The Morgan fingerprint density at radius 2 is 1.41 bits per heavy atom. The van der Waals surface area contributed by atoms with Crippen molar-refractivity contribution in [1.82, 2.24) is 4.90 Å². The molecule has 1 aliphatic heterocycles. The van der Waals surface area contributed by atoms with Gasteiger partial charge in [0, 0.05) is 22.6 Å². The first-order valence-electron chi connectivity index (χ1n) is 15.1. The first-order valence-corrected chi connectivity index (χ1v) is 15.9. The van der Waals surface area contributed by atoms with Crippen LogP contribution in [0.4, 0.5) is 5.69 Å². The number of rotatable bonds is 18. The number of benzene rings is 2. The fraction of sp³-hybridized carbons (Fsp3) is 0.515. The number of amides is 1. The van der Waals surface area contributed by atoms with Gasteiger partial charge < -0.3 is 10.0 Å². The molecule has 8 heteroatoms. The summed E-state index contributed by atoms with van der Waals surface area (Å²) < 4.78 is 0.695. The van der Waals surface area contributed by atoms with Crippen molar-refractivity contribution in [2.24, 2.45) is 0 Å². The number of nitro benzene ring substituents is 1. The van der Waals surface area contributed by atoms with Gasteiger partial charge in [-0.3, -0.25) is 19.7 Å². The molecule has 1 saturated heterocycles. The highest BCUT2D eigenvalue weighted by molar-refractivity contribution is 9.10. The minimum Gasteiger partial charge on any atom is -0.507 e. The summed E-state index contributed by atoms with van der Waals surface area (Å²) in [6, 6.07) is 11.9. The zero-order valence-electron chi connectivity index (χ0n) is 24.2. The summed E-state index contributed by atoms with van der Waals surface area (Å²) in [7, 11) is 0. The summed E-state index contributed by atoms with van der Waals surface area (Å²) in [4.78, 5) is 39.2. The fourth-order valence-corrected chi connectivity index (χ4v) is 5.99. The summed E-state index contributed by atoms with van der Waals surface area (Å²) in [6.45, 7) is 2.53. The molecule has 0 bridgehead atoms. The molecule has 0 aromatic heterocycles. The predicted molar refractivity (Wildman–Crippen MR) is 167 cm³/mol. The first-order chi connectivity index (χ1) is 19.9. The standard InChI is InChI=1S/C33H43BrN2O5/c1-2-3-4-5-6-7-8-9-10-11-12-13-14-17-23-35-30(27-21-15-16-22-28(27)36(40)41)29(32(38)33(35)39)31(37)25-19-18-20-26(34)24-25/h15-16,18-22,24,30,37H,2-14,17,23H2,1H3/b31-29+/t30-/m1/s1. The van der Waals surface area contributed by atoms with Crippen LogP contribution in [0.25, 0.3) is 5.76 Å². The number of ketones is 1. The molecule has 3 rings (SSSR count). The molecule has 2 aromatic rings. The highest BCUT2D eigenvalue weighted by atomic mass is 79.9. The van der Waals surface area contributed by atoms with Crippen molar-refractivity contribution in [3.8, 4) is 0 Å². The number of hydrogen-bond acceptors (Lipinski definition) is 5. The van der Waals surface area contributed by atoms with Crippen molar-refractivity contribution in [3.63, 3.8) is 0 Å². The van der Waals surface area contributed by atoms with Crippen LogP contribution in [-0.4, -0.2) is 33.2 Å². The summed E-state index contributed by atoms with van der Waals surface area (Å²) in [5.74, 6) is -1.90.